The first kappa shape index (κ1) is 19.8. The summed E-state index contributed by atoms with van der Waals surface area (Å²) in [7, 11) is 1.60. The normalized spacial score (nSPS) is 15.9. The molecule has 1 aliphatic rings. The first-order valence-corrected chi connectivity index (χ1v) is 8.47. The zero-order valence-electron chi connectivity index (χ0n) is 15.2. The number of aliphatic carboxylic acids is 1. The number of anilines is 1. The van der Waals surface area contributed by atoms with E-state index in [2.05, 4.69) is 0 Å². The number of benzene rings is 1. The fourth-order valence-corrected chi connectivity index (χ4v) is 2.82. The Balaban J connectivity index is 1.93. The lowest BCUT2D eigenvalue weighted by Gasteiger charge is -2.37. The molecule has 0 aliphatic carbocycles. The van der Waals surface area contributed by atoms with E-state index in [0.29, 0.717) is 37.4 Å². The summed E-state index contributed by atoms with van der Waals surface area (Å²) in [6, 6.07) is 3.68. The van der Waals surface area contributed by atoms with Gasteiger partial charge in [-0.25, -0.2) is 4.39 Å². The molecule has 142 valence electrons. The summed E-state index contributed by atoms with van der Waals surface area (Å²) < 4.78 is 14.3. The summed E-state index contributed by atoms with van der Waals surface area (Å²) in [5.41, 5.74) is 0.745. The van der Waals surface area contributed by atoms with Crippen LogP contribution in [-0.2, 0) is 9.59 Å². The average Bonchev–Trinajstić information content (AvgIpc) is 2.60. The highest BCUT2D eigenvalue weighted by molar-refractivity contribution is 5.94. The maximum Gasteiger partial charge on any atom is 0.320 e. The van der Waals surface area contributed by atoms with Gasteiger partial charge in [0, 0.05) is 31.7 Å². The maximum atomic E-state index is 14.3. The number of carboxylic acid groups (broad SMARTS) is 1. The molecule has 0 radical (unpaired) electrons. The smallest absolute Gasteiger partial charge is 0.320 e. The van der Waals surface area contributed by atoms with Gasteiger partial charge in [-0.3, -0.25) is 19.3 Å². The molecule has 1 unspecified atom stereocenters. The Morgan fingerprint density at radius 3 is 2.35 bits per heavy atom. The van der Waals surface area contributed by atoms with E-state index < -0.39 is 17.8 Å². The number of hydrogen-bond donors (Lipinski definition) is 1. The molecule has 1 heterocycles. The number of ketones is 1. The van der Waals surface area contributed by atoms with Gasteiger partial charge >= 0.3 is 5.97 Å². The minimum absolute atomic E-state index is 0.0230. The van der Waals surface area contributed by atoms with E-state index in [1.807, 2.05) is 4.90 Å². The Morgan fingerprint density at radius 1 is 1.23 bits per heavy atom. The highest BCUT2D eigenvalue weighted by atomic mass is 19.1. The summed E-state index contributed by atoms with van der Waals surface area (Å²) >= 11 is 0. The van der Waals surface area contributed by atoms with E-state index in [0.717, 1.165) is 0 Å². The average molecular weight is 365 g/mol. The highest BCUT2D eigenvalue weighted by Crippen LogP contribution is 2.22. The number of carbonyl (C=O) groups excluding carboxylic acids is 2. The third kappa shape index (κ3) is 4.57. The minimum Gasteiger partial charge on any atom is -0.480 e. The fraction of sp³-hybridized carbons (Fsp3) is 0.500. The second kappa shape index (κ2) is 8.27. The molecule has 0 saturated carbocycles. The number of likely N-dealkylation sites (N-methyl/N-ethyl adjacent to an activating group) is 1. The number of nitrogens with zero attached hydrogens (tertiary/aromatic N) is 3. The van der Waals surface area contributed by atoms with Gasteiger partial charge in [0.05, 0.1) is 12.2 Å². The van der Waals surface area contributed by atoms with Gasteiger partial charge in [0.15, 0.2) is 5.78 Å². The third-order valence-corrected chi connectivity index (χ3v) is 4.73. The Bertz CT molecular complexity index is 702. The SMILES string of the molecule is CC(=O)c1ccc(N2CCN(C(=O)CN(C)C(C)C(=O)O)CC2)c(F)c1. The van der Waals surface area contributed by atoms with Crippen molar-refractivity contribution >= 4 is 23.3 Å². The third-order valence-electron chi connectivity index (χ3n) is 4.73. The number of halogens is 1. The molecular formula is C18H24FN3O4. The minimum atomic E-state index is -0.977. The number of Topliss-reactive ketones (excluding diaryl/α,β-unsaturated/α-hetero) is 1. The predicted octanol–water partition coefficient (Wildman–Crippen LogP) is 1.08. The van der Waals surface area contributed by atoms with Crippen LogP contribution in [0.15, 0.2) is 18.2 Å². The van der Waals surface area contributed by atoms with E-state index in [9.17, 15) is 18.8 Å². The van der Waals surface area contributed by atoms with E-state index in [1.165, 1.54) is 24.8 Å². The molecule has 1 fully saturated rings. The highest BCUT2D eigenvalue weighted by Gasteiger charge is 2.26. The van der Waals surface area contributed by atoms with Crippen LogP contribution in [0.1, 0.15) is 24.2 Å². The van der Waals surface area contributed by atoms with Crippen molar-refractivity contribution in [2.24, 2.45) is 0 Å². The number of rotatable bonds is 6. The number of carboxylic acids is 1. The Labute approximate surface area is 152 Å². The quantitative estimate of drug-likeness (QED) is 0.760. The molecular weight excluding hydrogens is 341 g/mol. The summed E-state index contributed by atoms with van der Waals surface area (Å²) in [6.07, 6.45) is 0. The molecule has 0 aromatic heterocycles. The lowest BCUT2D eigenvalue weighted by atomic mass is 10.1. The van der Waals surface area contributed by atoms with Crippen molar-refractivity contribution in [3.8, 4) is 0 Å². The molecule has 1 amide bonds. The zero-order chi connectivity index (χ0) is 19.4. The van der Waals surface area contributed by atoms with Crippen LogP contribution in [0.3, 0.4) is 0 Å². The van der Waals surface area contributed by atoms with E-state index in [-0.39, 0.29) is 18.2 Å². The van der Waals surface area contributed by atoms with Crippen molar-refractivity contribution in [2.75, 3.05) is 44.7 Å². The van der Waals surface area contributed by atoms with Gasteiger partial charge in [0.25, 0.3) is 0 Å². The van der Waals surface area contributed by atoms with Gasteiger partial charge in [-0.05, 0) is 39.1 Å². The molecule has 2 rings (SSSR count). The first-order valence-electron chi connectivity index (χ1n) is 8.47. The summed E-state index contributed by atoms with van der Waals surface area (Å²) in [6.45, 7) is 4.75. The number of hydrogen-bond acceptors (Lipinski definition) is 5. The summed E-state index contributed by atoms with van der Waals surface area (Å²) in [4.78, 5) is 39.6. The zero-order valence-corrected chi connectivity index (χ0v) is 15.2. The first-order chi connectivity index (χ1) is 12.2. The van der Waals surface area contributed by atoms with E-state index >= 15 is 0 Å². The standard InChI is InChI=1S/C18H24FN3O4/c1-12(18(25)26)20(3)11-17(24)22-8-6-21(7-9-22)16-5-4-14(13(2)23)10-15(16)19/h4-5,10,12H,6-9,11H2,1-3H3,(H,25,26). The second-order valence-electron chi connectivity index (χ2n) is 6.52. The lowest BCUT2D eigenvalue weighted by molar-refractivity contribution is -0.143. The molecule has 0 bridgehead atoms. The summed E-state index contributed by atoms with van der Waals surface area (Å²) in [5, 5.41) is 8.99. The van der Waals surface area contributed by atoms with Crippen LogP contribution in [-0.4, -0.2) is 78.4 Å². The predicted molar refractivity (Wildman–Crippen MR) is 94.9 cm³/mol. The van der Waals surface area contributed by atoms with Gasteiger partial charge < -0.3 is 14.9 Å². The van der Waals surface area contributed by atoms with Crippen LogP contribution in [0.4, 0.5) is 10.1 Å². The van der Waals surface area contributed by atoms with Crippen molar-refractivity contribution < 1.29 is 23.9 Å². The van der Waals surface area contributed by atoms with Crippen LogP contribution >= 0.6 is 0 Å². The van der Waals surface area contributed by atoms with Crippen LogP contribution in [0.5, 0.6) is 0 Å². The van der Waals surface area contributed by atoms with Crippen LogP contribution in [0.2, 0.25) is 0 Å². The van der Waals surface area contributed by atoms with Crippen molar-refractivity contribution in [3.63, 3.8) is 0 Å². The van der Waals surface area contributed by atoms with Crippen LogP contribution in [0.25, 0.3) is 0 Å². The van der Waals surface area contributed by atoms with E-state index in [1.54, 1.807) is 24.1 Å². The molecule has 0 spiro atoms. The Hall–Kier alpha value is -2.48. The molecule has 26 heavy (non-hydrogen) atoms. The molecule has 1 aromatic rings. The molecule has 8 heteroatoms. The molecule has 7 nitrogen and oxygen atoms in total. The molecule has 1 saturated heterocycles. The molecule has 1 atom stereocenters. The number of piperazine rings is 1. The van der Waals surface area contributed by atoms with Gasteiger partial charge in [-0.15, -0.1) is 0 Å². The fourth-order valence-electron chi connectivity index (χ4n) is 2.82. The van der Waals surface area contributed by atoms with Gasteiger partial charge in [-0.1, -0.05) is 0 Å². The van der Waals surface area contributed by atoms with Crippen molar-refractivity contribution in [1.29, 1.82) is 0 Å². The molecule has 1 aliphatic heterocycles. The second-order valence-corrected chi connectivity index (χ2v) is 6.52. The Kier molecular flexibility index (Phi) is 6.31. The topological polar surface area (TPSA) is 81.2 Å². The maximum absolute atomic E-state index is 14.3. The summed E-state index contributed by atoms with van der Waals surface area (Å²) in [5.74, 6) is -1.76. The van der Waals surface area contributed by atoms with Crippen LogP contribution < -0.4 is 4.90 Å². The van der Waals surface area contributed by atoms with Gasteiger partial charge in [0.2, 0.25) is 5.91 Å². The monoisotopic (exact) mass is 365 g/mol. The van der Waals surface area contributed by atoms with E-state index in [4.69, 9.17) is 5.11 Å². The van der Waals surface area contributed by atoms with Gasteiger partial charge in [-0.2, -0.15) is 0 Å². The van der Waals surface area contributed by atoms with Crippen LogP contribution in [0, 0.1) is 5.82 Å². The molecule has 1 N–H and O–H groups in total. The number of carbonyl (C=O) groups is 3. The van der Waals surface area contributed by atoms with Gasteiger partial charge in [0.1, 0.15) is 11.9 Å². The molecule has 1 aromatic carbocycles. The van der Waals surface area contributed by atoms with Crippen molar-refractivity contribution in [1.82, 2.24) is 9.80 Å². The number of amides is 1. The largest absolute Gasteiger partial charge is 0.480 e. The Morgan fingerprint density at radius 2 is 1.85 bits per heavy atom. The van der Waals surface area contributed by atoms with Crippen molar-refractivity contribution in [3.05, 3.63) is 29.6 Å². The van der Waals surface area contributed by atoms with Crippen molar-refractivity contribution in [2.45, 2.75) is 19.9 Å². The lowest BCUT2D eigenvalue weighted by Crippen LogP contribution is -2.52.